The molecule has 1 aromatic heterocycles. The minimum Gasteiger partial charge on any atom is -0.459 e. The molecule has 0 bridgehead atoms. The fraction of sp³-hybridized carbons (Fsp3) is 0.625. The largest absolute Gasteiger partial charge is 0.459 e. The van der Waals surface area contributed by atoms with Crippen LogP contribution in [-0.4, -0.2) is 41.5 Å². The molecule has 0 aliphatic carbocycles. The maximum absolute atomic E-state index is 12.3. The fourth-order valence-electron chi connectivity index (χ4n) is 3.31. The predicted octanol–water partition coefficient (Wildman–Crippen LogP) is 1.35. The number of furan rings is 1. The number of rotatable bonds is 3. The lowest BCUT2D eigenvalue weighted by Crippen LogP contribution is -2.58. The van der Waals surface area contributed by atoms with Gasteiger partial charge in [-0.1, -0.05) is 13.8 Å². The standard InChI is InChI=1S/C16H23N3O3/c1-11(2)10-12-14(20)18-16(17-12)5-7-19(8-6-16)15(21)13-4-3-9-22-13/h3-4,9,11-12,17H,5-8,10H2,1-2H3,(H,18,20). The summed E-state index contributed by atoms with van der Waals surface area (Å²) in [6.07, 6.45) is 3.79. The van der Waals surface area contributed by atoms with Crippen LogP contribution in [0.1, 0.15) is 43.7 Å². The summed E-state index contributed by atoms with van der Waals surface area (Å²) in [7, 11) is 0. The Kier molecular flexibility index (Phi) is 3.95. The van der Waals surface area contributed by atoms with E-state index in [9.17, 15) is 9.59 Å². The fourth-order valence-corrected chi connectivity index (χ4v) is 3.31. The van der Waals surface area contributed by atoms with Crippen LogP contribution < -0.4 is 10.6 Å². The maximum atomic E-state index is 12.3. The van der Waals surface area contributed by atoms with Gasteiger partial charge in [0.15, 0.2) is 5.76 Å². The normalized spacial score (nSPS) is 24.0. The molecule has 2 aliphatic rings. The first kappa shape index (κ1) is 15.1. The van der Waals surface area contributed by atoms with E-state index >= 15 is 0 Å². The Labute approximate surface area is 130 Å². The Balaban J connectivity index is 1.60. The third-order valence-corrected chi connectivity index (χ3v) is 4.47. The Bertz CT molecular complexity index is 545. The Morgan fingerprint density at radius 3 is 2.77 bits per heavy atom. The summed E-state index contributed by atoms with van der Waals surface area (Å²) in [6, 6.07) is 3.28. The van der Waals surface area contributed by atoms with Gasteiger partial charge in [-0.25, -0.2) is 0 Å². The molecule has 0 aromatic carbocycles. The van der Waals surface area contributed by atoms with Gasteiger partial charge in [0.1, 0.15) is 0 Å². The number of nitrogens with one attached hydrogen (secondary N) is 2. The summed E-state index contributed by atoms with van der Waals surface area (Å²) in [6.45, 7) is 5.46. The van der Waals surface area contributed by atoms with Crippen LogP contribution in [0.25, 0.3) is 0 Å². The van der Waals surface area contributed by atoms with Crippen molar-refractivity contribution in [3.05, 3.63) is 24.2 Å². The second kappa shape index (κ2) is 5.76. The van der Waals surface area contributed by atoms with Crippen LogP contribution in [-0.2, 0) is 4.79 Å². The molecule has 1 aromatic rings. The summed E-state index contributed by atoms with van der Waals surface area (Å²) in [5, 5.41) is 6.57. The predicted molar refractivity (Wildman–Crippen MR) is 81.1 cm³/mol. The van der Waals surface area contributed by atoms with E-state index in [-0.39, 0.29) is 23.5 Å². The quantitative estimate of drug-likeness (QED) is 0.884. The summed E-state index contributed by atoms with van der Waals surface area (Å²) in [4.78, 5) is 26.2. The third kappa shape index (κ3) is 2.88. The van der Waals surface area contributed by atoms with Gasteiger partial charge in [0.2, 0.25) is 5.91 Å². The zero-order valence-corrected chi connectivity index (χ0v) is 13.1. The molecule has 22 heavy (non-hydrogen) atoms. The van der Waals surface area contributed by atoms with Crippen LogP contribution in [0.2, 0.25) is 0 Å². The van der Waals surface area contributed by atoms with E-state index in [4.69, 9.17) is 4.42 Å². The summed E-state index contributed by atoms with van der Waals surface area (Å²) in [5.41, 5.74) is -0.351. The number of carbonyl (C=O) groups is 2. The van der Waals surface area contributed by atoms with E-state index < -0.39 is 0 Å². The molecule has 2 aliphatic heterocycles. The van der Waals surface area contributed by atoms with Gasteiger partial charge in [0.05, 0.1) is 18.0 Å². The number of amides is 2. The highest BCUT2D eigenvalue weighted by atomic mass is 16.3. The monoisotopic (exact) mass is 305 g/mol. The average molecular weight is 305 g/mol. The highest BCUT2D eigenvalue weighted by Gasteiger charge is 2.45. The maximum Gasteiger partial charge on any atom is 0.289 e. The number of hydrogen-bond acceptors (Lipinski definition) is 4. The summed E-state index contributed by atoms with van der Waals surface area (Å²) in [5.74, 6) is 0.846. The van der Waals surface area contributed by atoms with Gasteiger partial charge in [-0.3, -0.25) is 14.9 Å². The molecular formula is C16H23N3O3. The van der Waals surface area contributed by atoms with Crippen LogP contribution >= 0.6 is 0 Å². The molecule has 2 amide bonds. The van der Waals surface area contributed by atoms with E-state index in [0.29, 0.717) is 24.8 Å². The molecule has 120 valence electrons. The van der Waals surface area contributed by atoms with Gasteiger partial charge >= 0.3 is 0 Å². The molecule has 0 saturated carbocycles. The van der Waals surface area contributed by atoms with Gasteiger partial charge in [-0.2, -0.15) is 0 Å². The van der Waals surface area contributed by atoms with Crippen LogP contribution in [0.15, 0.2) is 22.8 Å². The van der Waals surface area contributed by atoms with Crippen LogP contribution in [0, 0.1) is 5.92 Å². The molecule has 6 nitrogen and oxygen atoms in total. The first-order valence-electron chi connectivity index (χ1n) is 7.92. The van der Waals surface area contributed by atoms with E-state index in [2.05, 4.69) is 24.5 Å². The van der Waals surface area contributed by atoms with Crippen LogP contribution in [0.4, 0.5) is 0 Å². The molecule has 6 heteroatoms. The Morgan fingerprint density at radius 1 is 1.45 bits per heavy atom. The third-order valence-electron chi connectivity index (χ3n) is 4.47. The van der Waals surface area contributed by atoms with Crippen molar-refractivity contribution in [2.45, 2.75) is 44.8 Å². The first-order chi connectivity index (χ1) is 10.5. The lowest BCUT2D eigenvalue weighted by atomic mass is 9.97. The minimum absolute atomic E-state index is 0.0806. The number of nitrogens with zero attached hydrogens (tertiary/aromatic N) is 1. The van der Waals surface area contributed by atoms with E-state index in [1.807, 2.05) is 0 Å². The van der Waals surface area contributed by atoms with Crippen molar-refractivity contribution in [2.24, 2.45) is 5.92 Å². The van der Waals surface area contributed by atoms with Crippen molar-refractivity contribution in [1.29, 1.82) is 0 Å². The van der Waals surface area contributed by atoms with Crippen LogP contribution in [0.5, 0.6) is 0 Å². The molecule has 3 heterocycles. The topological polar surface area (TPSA) is 74.6 Å². The van der Waals surface area contributed by atoms with Gasteiger partial charge in [0.25, 0.3) is 5.91 Å². The van der Waals surface area contributed by atoms with Crippen molar-refractivity contribution in [3.63, 3.8) is 0 Å². The molecule has 2 N–H and O–H groups in total. The molecule has 0 radical (unpaired) electrons. The first-order valence-corrected chi connectivity index (χ1v) is 7.92. The molecule has 3 rings (SSSR count). The number of hydrogen-bond donors (Lipinski definition) is 2. The van der Waals surface area contributed by atoms with Gasteiger partial charge in [0, 0.05) is 25.9 Å². The zero-order valence-electron chi connectivity index (χ0n) is 13.1. The highest BCUT2D eigenvalue weighted by molar-refractivity contribution is 5.91. The van der Waals surface area contributed by atoms with Crippen LogP contribution in [0.3, 0.4) is 0 Å². The second-order valence-corrected chi connectivity index (χ2v) is 6.67. The minimum atomic E-state index is -0.351. The van der Waals surface area contributed by atoms with Crippen molar-refractivity contribution < 1.29 is 14.0 Å². The smallest absolute Gasteiger partial charge is 0.289 e. The molecule has 2 fully saturated rings. The molecule has 1 unspecified atom stereocenters. The van der Waals surface area contributed by atoms with Gasteiger partial charge in [-0.05, 0) is 24.5 Å². The lowest BCUT2D eigenvalue weighted by molar-refractivity contribution is -0.121. The summed E-state index contributed by atoms with van der Waals surface area (Å²) >= 11 is 0. The summed E-state index contributed by atoms with van der Waals surface area (Å²) < 4.78 is 5.17. The molecule has 2 saturated heterocycles. The molecule has 1 atom stereocenters. The van der Waals surface area contributed by atoms with E-state index in [1.165, 1.54) is 6.26 Å². The number of carbonyl (C=O) groups excluding carboxylic acids is 2. The van der Waals surface area contributed by atoms with Crippen molar-refractivity contribution in [2.75, 3.05) is 13.1 Å². The average Bonchev–Trinajstić information content (AvgIpc) is 3.08. The van der Waals surface area contributed by atoms with Gasteiger partial charge in [-0.15, -0.1) is 0 Å². The molecular weight excluding hydrogens is 282 g/mol. The highest BCUT2D eigenvalue weighted by Crippen LogP contribution is 2.27. The molecule has 1 spiro atoms. The Morgan fingerprint density at radius 2 is 2.18 bits per heavy atom. The van der Waals surface area contributed by atoms with Crippen molar-refractivity contribution in [1.82, 2.24) is 15.5 Å². The second-order valence-electron chi connectivity index (χ2n) is 6.67. The lowest BCUT2D eigenvalue weighted by Gasteiger charge is -2.39. The SMILES string of the molecule is CC(C)CC1NC2(CCN(C(=O)c3ccco3)CC2)NC1=O. The van der Waals surface area contributed by atoms with E-state index in [0.717, 1.165) is 19.3 Å². The van der Waals surface area contributed by atoms with E-state index in [1.54, 1.807) is 17.0 Å². The van der Waals surface area contributed by atoms with Crippen molar-refractivity contribution in [3.8, 4) is 0 Å². The number of piperidine rings is 1. The Hall–Kier alpha value is -1.82. The van der Waals surface area contributed by atoms with Crippen molar-refractivity contribution >= 4 is 11.8 Å². The number of likely N-dealkylation sites (tertiary alicyclic amines) is 1. The van der Waals surface area contributed by atoms with Gasteiger partial charge < -0.3 is 14.6 Å². The zero-order chi connectivity index (χ0) is 15.7.